The van der Waals surface area contributed by atoms with Gasteiger partial charge in [-0.2, -0.15) is 0 Å². The lowest BCUT2D eigenvalue weighted by molar-refractivity contribution is 1.22. The Hall–Kier alpha value is -1.15. The molecule has 2 rings (SSSR count). The SMILES string of the molecule is CC.Clc1ncc2ccccc2n1. The molecule has 0 spiro atoms. The van der Waals surface area contributed by atoms with Gasteiger partial charge in [-0.3, -0.25) is 0 Å². The van der Waals surface area contributed by atoms with Crippen LogP contribution in [0.4, 0.5) is 0 Å². The smallest absolute Gasteiger partial charge is 0.222 e. The Kier molecular flexibility index (Phi) is 3.65. The summed E-state index contributed by atoms with van der Waals surface area (Å²) in [4.78, 5) is 7.89. The molecule has 3 heteroatoms. The highest BCUT2D eigenvalue weighted by molar-refractivity contribution is 6.28. The molecular formula is C10H11ClN2. The highest BCUT2D eigenvalue weighted by atomic mass is 35.5. The molecule has 1 heterocycles. The number of halogens is 1. The summed E-state index contributed by atoms with van der Waals surface area (Å²) in [6, 6.07) is 7.72. The lowest BCUT2D eigenvalue weighted by Gasteiger charge is -1.93. The molecule has 0 saturated heterocycles. The summed E-state index contributed by atoms with van der Waals surface area (Å²) < 4.78 is 0. The van der Waals surface area contributed by atoms with Gasteiger partial charge in [-0.15, -0.1) is 0 Å². The van der Waals surface area contributed by atoms with Crippen LogP contribution < -0.4 is 0 Å². The van der Waals surface area contributed by atoms with Crippen LogP contribution in [0.15, 0.2) is 30.5 Å². The molecule has 0 amide bonds. The standard InChI is InChI=1S/C8H5ClN2.C2H6/c9-8-10-5-6-3-1-2-4-7(6)11-8;1-2/h1-5H;1-2H3. The molecule has 0 saturated carbocycles. The molecule has 0 aliphatic heterocycles. The first-order valence-electron chi connectivity index (χ1n) is 4.23. The number of hydrogen-bond acceptors (Lipinski definition) is 2. The maximum Gasteiger partial charge on any atom is 0.222 e. The van der Waals surface area contributed by atoms with E-state index in [1.807, 2.05) is 38.1 Å². The summed E-state index contributed by atoms with van der Waals surface area (Å²) >= 11 is 5.60. The largest absolute Gasteiger partial charge is 0.226 e. The van der Waals surface area contributed by atoms with Crippen LogP contribution in [0, 0.1) is 0 Å². The van der Waals surface area contributed by atoms with E-state index in [1.54, 1.807) is 6.20 Å². The normalized spacial score (nSPS) is 9.15. The van der Waals surface area contributed by atoms with Crippen molar-refractivity contribution in [1.29, 1.82) is 0 Å². The van der Waals surface area contributed by atoms with E-state index >= 15 is 0 Å². The van der Waals surface area contributed by atoms with Crippen molar-refractivity contribution < 1.29 is 0 Å². The molecule has 2 nitrogen and oxygen atoms in total. The van der Waals surface area contributed by atoms with Crippen molar-refractivity contribution in [2.75, 3.05) is 0 Å². The van der Waals surface area contributed by atoms with E-state index in [0.717, 1.165) is 10.9 Å². The molecule has 1 aromatic heterocycles. The van der Waals surface area contributed by atoms with Crippen LogP contribution in [0.25, 0.3) is 10.9 Å². The van der Waals surface area contributed by atoms with Gasteiger partial charge in [0, 0.05) is 11.6 Å². The van der Waals surface area contributed by atoms with E-state index in [-0.39, 0.29) is 0 Å². The Morgan fingerprint density at radius 3 is 2.62 bits per heavy atom. The summed E-state index contributed by atoms with van der Waals surface area (Å²) in [5, 5.41) is 1.31. The van der Waals surface area contributed by atoms with Gasteiger partial charge >= 0.3 is 0 Å². The second-order valence-corrected chi connectivity index (χ2v) is 2.54. The van der Waals surface area contributed by atoms with Crippen molar-refractivity contribution >= 4 is 22.5 Å². The summed E-state index contributed by atoms with van der Waals surface area (Å²) in [5.74, 6) is 0. The first-order valence-corrected chi connectivity index (χ1v) is 4.61. The fraction of sp³-hybridized carbons (Fsp3) is 0.200. The van der Waals surface area contributed by atoms with Crippen molar-refractivity contribution in [1.82, 2.24) is 9.97 Å². The zero-order valence-electron chi connectivity index (χ0n) is 7.66. The Morgan fingerprint density at radius 2 is 1.85 bits per heavy atom. The topological polar surface area (TPSA) is 25.8 Å². The van der Waals surface area contributed by atoms with Crippen LogP contribution in [-0.4, -0.2) is 9.97 Å². The van der Waals surface area contributed by atoms with Crippen LogP contribution >= 0.6 is 11.6 Å². The van der Waals surface area contributed by atoms with E-state index in [0.29, 0.717) is 5.28 Å². The fourth-order valence-corrected chi connectivity index (χ4v) is 1.09. The Balaban J connectivity index is 0.000000396. The monoisotopic (exact) mass is 194 g/mol. The zero-order chi connectivity index (χ0) is 9.68. The lowest BCUT2D eigenvalue weighted by Crippen LogP contribution is -1.81. The van der Waals surface area contributed by atoms with Gasteiger partial charge < -0.3 is 0 Å². The van der Waals surface area contributed by atoms with Crippen molar-refractivity contribution in [3.63, 3.8) is 0 Å². The second kappa shape index (κ2) is 4.77. The second-order valence-electron chi connectivity index (χ2n) is 2.20. The molecular weight excluding hydrogens is 184 g/mol. The van der Waals surface area contributed by atoms with E-state index in [9.17, 15) is 0 Å². The minimum Gasteiger partial charge on any atom is -0.226 e. The summed E-state index contributed by atoms with van der Waals surface area (Å²) in [6.45, 7) is 4.00. The van der Waals surface area contributed by atoms with Gasteiger partial charge in [0.1, 0.15) is 0 Å². The molecule has 0 fully saturated rings. The first-order chi connectivity index (χ1) is 6.36. The molecule has 1 aromatic carbocycles. The molecule has 0 N–H and O–H groups in total. The molecule has 68 valence electrons. The summed E-state index contributed by atoms with van der Waals surface area (Å²) in [5.41, 5.74) is 0.882. The molecule has 0 unspecified atom stereocenters. The Labute approximate surface area is 82.6 Å². The van der Waals surface area contributed by atoms with E-state index in [4.69, 9.17) is 11.6 Å². The van der Waals surface area contributed by atoms with Gasteiger partial charge in [-0.25, -0.2) is 9.97 Å². The number of hydrogen-bond donors (Lipinski definition) is 0. The van der Waals surface area contributed by atoms with E-state index in [1.165, 1.54) is 0 Å². The summed E-state index contributed by atoms with van der Waals surface area (Å²) in [6.07, 6.45) is 1.71. The molecule has 0 aliphatic rings. The third-order valence-electron chi connectivity index (χ3n) is 1.46. The average Bonchev–Trinajstić information content (AvgIpc) is 2.21. The number of nitrogens with zero attached hydrogens (tertiary/aromatic N) is 2. The van der Waals surface area contributed by atoms with Crippen molar-refractivity contribution in [2.24, 2.45) is 0 Å². The van der Waals surface area contributed by atoms with Gasteiger partial charge in [-0.1, -0.05) is 32.0 Å². The molecule has 0 radical (unpaired) electrons. The Morgan fingerprint density at radius 1 is 1.15 bits per heavy atom. The molecule has 0 atom stereocenters. The lowest BCUT2D eigenvalue weighted by atomic mass is 10.2. The molecule has 2 aromatic rings. The third kappa shape index (κ3) is 2.39. The maximum atomic E-state index is 5.60. The van der Waals surface area contributed by atoms with Crippen LogP contribution in [0.1, 0.15) is 13.8 Å². The molecule has 0 bridgehead atoms. The predicted octanol–water partition coefficient (Wildman–Crippen LogP) is 3.31. The molecule has 13 heavy (non-hydrogen) atoms. The highest BCUT2D eigenvalue weighted by Crippen LogP contribution is 2.11. The first kappa shape index (κ1) is 9.93. The van der Waals surface area contributed by atoms with Crippen LogP contribution in [0.2, 0.25) is 5.28 Å². The number of benzene rings is 1. The maximum absolute atomic E-state index is 5.60. The van der Waals surface area contributed by atoms with Crippen LogP contribution in [0.3, 0.4) is 0 Å². The molecule has 0 aliphatic carbocycles. The van der Waals surface area contributed by atoms with Gasteiger partial charge in [0.25, 0.3) is 0 Å². The van der Waals surface area contributed by atoms with E-state index < -0.39 is 0 Å². The minimum atomic E-state index is 0.295. The third-order valence-corrected chi connectivity index (χ3v) is 1.64. The Bertz CT molecular complexity index is 387. The van der Waals surface area contributed by atoms with Gasteiger partial charge in [0.15, 0.2) is 0 Å². The van der Waals surface area contributed by atoms with Crippen molar-refractivity contribution in [3.8, 4) is 0 Å². The fourth-order valence-electron chi connectivity index (χ4n) is 0.950. The van der Waals surface area contributed by atoms with E-state index in [2.05, 4.69) is 9.97 Å². The van der Waals surface area contributed by atoms with Crippen molar-refractivity contribution in [3.05, 3.63) is 35.7 Å². The van der Waals surface area contributed by atoms with Crippen LogP contribution in [0.5, 0.6) is 0 Å². The average molecular weight is 195 g/mol. The number of rotatable bonds is 0. The number of para-hydroxylation sites is 1. The highest BCUT2D eigenvalue weighted by Gasteiger charge is 1.93. The van der Waals surface area contributed by atoms with Gasteiger partial charge in [0.2, 0.25) is 5.28 Å². The van der Waals surface area contributed by atoms with Gasteiger partial charge in [0.05, 0.1) is 5.52 Å². The number of fused-ring (bicyclic) bond motifs is 1. The predicted molar refractivity (Wildman–Crippen MR) is 55.9 cm³/mol. The van der Waals surface area contributed by atoms with Crippen molar-refractivity contribution in [2.45, 2.75) is 13.8 Å². The minimum absolute atomic E-state index is 0.295. The van der Waals surface area contributed by atoms with Crippen LogP contribution in [-0.2, 0) is 0 Å². The summed E-state index contributed by atoms with van der Waals surface area (Å²) in [7, 11) is 0. The number of aromatic nitrogens is 2. The quantitative estimate of drug-likeness (QED) is 0.602. The van der Waals surface area contributed by atoms with Gasteiger partial charge in [-0.05, 0) is 17.7 Å². The zero-order valence-corrected chi connectivity index (χ0v) is 8.42.